The summed E-state index contributed by atoms with van der Waals surface area (Å²) in [6, 6.07) is 0.330. The van der Waals surface area contributed by atoms with Gasteiger partial charge in [0.2, 0.25) is 5.91 Å². The smallest absolute Gasteiger partial charge is 0.225 e. The third-order valence-electron chi connectivity index (χ3n) is 5.26. The molecule has 2 atom stereocenters. The van der Waals surface area contributed by atoms with E-state index in [-0.39, 0.29) is 17.7 Å². The van der Waals surface area contributed by atoms with Crippen molar-refractivity contribution in [1.82, 2.24) is 25.3 Å². The summed E-state index contributed by atoms with van der Waals surface area (Å²) >= 11 is 0. The van der Waals surface area contributed by atoms with Crippen molar-refractivity contribution < 1.29 is 4.79 Å². The van der Waals surface area contributed by atoms with E-state index in [1.165, 1.54) is 0 Å². The first kappa shape index (κ1) is 17.4. The fourth-order valence-corrected chi connectivity index (χ4v) is 4.02. The van der Waals surface area contributed by atoms with Gasteiger partial charge in [-0.2, -0.15) is 5.10 Å². The topological polar surface area (TPSA) is 62.2 Å². The number of carbonyl (C=O) groups is 1. The van der Waals surface area contributed by atoms with Crippen molar-refractivity contribution in [2.24, 2.45) is 18.9 Å². The van der Waals surface area contributed by atoms with Gasteiger partial charge in [0.15, 0.2) is 0 Å². The second-order valence-electron chi connectivity index (χ2n) is 7.80. The van der Waals surface area contributed by atoms with Gasteiger partial charge < -0.3 is 15.5 Å². The van der Waals surface area contributed by atoms with E-state index in [0.29, 0.717) is 12.0 Å². The normalized spacial score (nSPS) is 26.2. The molecular weight excluding hydrogens is 302 g/mol. The molecule has 24 heavy (non-hydrogen) atoms. The molecule has 0 bridgehead atoms. The van der Waals surface area contributed by atoms with Crippen LogP contribution in [0.25, 0.3) is 0 Å². The Balaban J connectivity index is 1.51. The van der Waals surface area contributed by atoms with E-state index in [4.69, 9.17) is 0 Å². The van der Waals surface area contributed by atoms with Gasteiger partial charge in [-0.25, -0.2) is 0 Å². The second-order valence-corrected chi connectivity index (χ2v) is 7.80. The molecule has 6 heteroatoms. The highest BCUT2D eigenvalue weighted by molar-refractivity contribution is 5.80. The largest absolute Gasteiger partial charge is 0.353 e. The number of piperidine rings is 1. The summed E-state index contributed by atoms with van der Waals surface area (Å²) in [5.74, 6) is 1.17. The van der Waals surface area contributed by atoms with E-state index in [2.05, 4.69) is 34.5 Å². The number of nitrogens with zero attached hydrogens (tertiary/aromatic N) is 3. The van der Waals surface area contributed by atoms with Crippen molar-refractivity contribution in [2.75, 3.05) is 32.7 Å². The number of hydrogen-bond donors (Lipinski definition) is 2. The number of amides is 1. The number of nitrogens with one attached hydrogen (secondary N) is 2. The zero-order valence-corrected chi connectivity index (χ0v) is 15.2. The Kier molecular flexibility index (Phi) is 5.56. The van der Waals surface area contributed by atoms with Gasteiger partial charge in [0.05, 0.1) is 12.1 Å². The van der Waals surface area contributed by atoms with Gasteiger partial charge >= 0.3 is 0 Å². The molecule has 0 unspecified atom stereocenters. The summed E-state index contributed by atoms with van der Waals surface area (Å²) in [5.41, 5.74) is 1.16. The first-order valence-corrected chi connectivity index (χ1v) is 9.25. The summed E-state index contributed by atoms with van der Waals surface area (Å²) in [7, 11) is 1.92. The monoisotopic (exact) mass is 333 g/mol. The van der Waals surface area contributed by atoms with Crippen LogP contribution in [0.5, 0.6) is 0 Å². The minimum atomic E-state index is 0.0166. The lowest BCUT2D eigenvalue weighted by atomic mass is 9.89. The SMILES string of the molecule is CC(C)CN1CCC(NC(=O)[C@H]2CNC[C@@H]2c2cnn(C)c2)CC1. The number of aromatic nitrogens is 2. The Labute approximate surface area is 145 Å². The highest BCUT2D eigenvalue weighted by Gasteiger charge is 2.35. The van der Waals surface area contributed by atoms with Crippen molar-refractivity contribution in [2.45, 2.75) is 38.6 Å². The van der Waals surface area contributed by atoms with Gasteiger partial charge in [-0.3, -0.25) is 9.48 Å². The highest BCUT2D eigenvalue weighted by Crippen LogP contribution is 2.28. The summed E-state index contributed by atoms with van der Waals surface area (Å²) in [6.45, 7) is 9.50. The zero-order chi connectivity index (χ0) is 17.1. The van der Waals surface area contributed by atoms with Crippen LogP contribution in [0.3, 0.4) is 0 Å². The third-order valence-corrected chi connectivity index (χ3v) is 5.26. The number of carbonyl (C=O) groups excluding carboxylic acids is 1. The Morgan fingerprint density at radius 3 is 2.75 bits per heavy atom. The van der Waals surface area contributed by atoms with Crippen LogP contribution in [0.4, 0.5) is 0 Å². The van der Waals surface area contributed by atoms with Gasteiger partial charge in [-0.1, -0.05) is 13.8 Å². The Hall–Kier alpha value is -1.40. The van der Waals surface area contributed by atoms with Gasteiger partial charge in [0.1, 0.15) is 0 Å². The lowest BCUT2D eigenvalue weighted by molar-refractivity contribution is -0.125. The molecule has 0 saturated carbocycles. The maximum absolute atomic E-state index is 12.8. The number of likely N-dealkylation sites (tertiary alicyclic amines) is 1. The standard InChI is InChI=1S/C18H31N5O/c1-13(2)11-23-6-4-15(5-7-23)21-18(24)17-10-19-9-16(17)14-8-20-22(3)12-14/h8,12-13,15-17,19H,4-7,9-11H2,1-3H3,(H,21,24)/t16-,17+/m1/s1. The van der Waals surface area contributed by atoms with E-state index >= 15 is 0 Å². The van der Waals surface area contributed by atoms with Crippen LogP contribution < -0.4 is 10.6 Å². The van der Waals surface area contributed by atoms with E-state index in [0.717, 1.165) is 51.1 Å². The van der Waals surface area contributed by atoms with Crippen LogP contribution in [-0.4, -0.2) is 59.4 Å². The van der Waals surface area contributed by atoms with Crippen LogP contribution in [0, 0.1) is 11.8 Å². The van der Waals surface area contributed by atoms with Gasteiger partial charge in [0.25, 0.3) is 0 Å². The number of rotatable bonds is 5. The van der Waals surface area contributed by atoms with Crippen LogP contribution in [-0.2, 0) is 11.8 Å². The summed E-state index contributed by atoms with van der Waals surface area (Å²) in [4.78, 5) is 15.3. The Morgan fingerprint density at radius 1 is 1.38 bits per heavy atom. The molecule has 2 saturated heterocycles. The molecule has 1 aromatic heterocycles. The molecule has 0 spiro atoms. The molecule has 6 nitrogen and oxygen atoms in total. The second kappa shape index (κ2) is 7.66. The highest BCUT2D eigenvalue weighted by atomic mass is 16.2. The van der Waals surface area contributed by atoms with E-state index < -0.39 is 0 Å². The van der Waals surface area contributed by atoms with Crippen molar-refractivity contribution in [3.63, 3.8) is 0 Å². The first-order chi connectivity index (χ1) is 11.5. The minimum Gasteiger partial charge on any atom is -0.353 e. The molecule has 0 aromatic carbocycles. The molecular formula is C18H31N5O. The van der Waals surface area contributed by atoms with Crippen molar-refractivity contribution in [1.29, 1.82) is 0 Å². The molecule has 2 N–H and O–H groups in total. The van der Waals surface area contributed by atoms with Gasteiger partial charge in [-0.05, 0) is 24.3 Å². The lowest BCUT2D eigenvalue weighted by Gasteiger charge is -2.34. The van der Waals surface area contributed by atoms with Gasteiger partial charge in [0, 0.05) is 57.9 Å². The zero-order valence-electron chi connectivity index (χ0n) is 15.2. The fraction of sp³-hybridized carbons (Fsp3) is 0.778. The van der Waals surface area contributed by atoms with Crippen LogP contribution in [0.2, 0.25) is 0 Å². The molecule has 0 radical (unpaired) electrons. The molecule has 2 fully saturated rings. The molecule has 1 amide bonds. The molecule has 3 rings (SSSR count). The summed E-state index contributed by atoms with van der Waals surface area (Å²) in [5, 5.41) is 10.9. The van der Waals surface area contributed by atoms with E-state index in [1.807, 2.05) is 24.1 Å². The Bertz CT molecular complexity index is 547. The predicted molar refractivity (Wildman–Crippen MR) is 94.8 cm³/mol. The molecule has 2 aliphatic heterocycles. The molecule has 0 aliphatic carbocycles. The van der Waals surface area contributed by atoms with Crippen LogP contribution in [0.1, 0.15) is 38.2 Å². The fourth-order valence-electron chi connectivity index (χ4n) is 4.02. The van der Waals surface area contributed by atoms with Crippen molar-refractivity contribution >= 4 is 5.91 Å². The van der Waals surface area contributed by atoms with Gasteiger partial charge in [-0.15, -0.1) is 0 Å². The average Bonchev–Trinajstić information content (AvgIpc) is 3.17. The maximum atomic E-state index is 12.8. The Morgan fingerprint density at radius 2 is 2.12 bits per heavy atom. The third kappa shape index (κ3) is 4.16. The summed E-state index contributed by atoms with van der Waals surface area (Å²) in [6.07, 6.45) is 6.05. The van der Waals surface area contributed by atoms with Crippen LogP contribution >= 0.6 is 0 Å². The van der Waals surface area contributed by atoms with Crippen molar-refractivity contribution in [3.8, 4) is 0 Å². The molecule has 3 heterocycles. The minimum absolute atomic E-state index is 0.0166. The van der Waals surface area contributed by atoms with E-state index in [9.17, 15) is 4.79 Å². The molecule has 1 aromatic rings. The average molecular weight is 333 g/mol. The lowest BCUT2D eigenvalue weighted by Crippen LogP contribution is -2.47. The van der Waals surface area contributed by atoms with E-state index in [1.54, 1.807) is 0 Å². The number of aryl methyl sites for hydroxylation is 1. The quantitative estimate of drug-likeness (QED) is 0.843. The molecule has 2 aliphatic rings. The van der Waals surface area contributed by atoms with Crippen molar-refractivity contribution in [3.05, 3.63) is 18.0 Å². The maximum Gasteiger partial charge on any atom is 0.225 e. The summed E-state index contributed by atoms with van der Waals surface area (Å²) < 4.78 is 1.81. The predicted octanol–water partition coefficient (Wildman–Crippen LogP) is 0.960. The number of hydrogen-bond acceptors (Lipinski definition) is 4. The molecule has 134 valence electrons. The van der Waals surface area contributed by atoms with Crippen LogP contribution in [0.15, 0.2) is 12.4 Å². The first-order valence-electron chi connectivity index (χ1n) is 9.25.